The minimum atomic E-state index is 0.0266. The molecule has 5 heteroatoms. The van der Waals surface area contributed by atoms with E-state index in [1.807, 2.05) is 26.8 Å². The number of aromatic nitrogens is 4. The average Bonchev–Trinajstić information content (AvgIpc) is 2.81. The van der Waals surface area contributed by atoms with Gasteiger partial charge >= 0.3 is 0 Å². The SMILES string of the molecule is CCC(=O)c1nnn(-c2cncc(C)c2)c1CC. The van der Waals surface area contributed by atoms with E-state index in [9.17, 15) is 4.79 Å². The Hall–Kier alpha value is -2.04. The molecule has 0 aliphatic heterocycles. The number of pyridine rings is 1. The van der Waals surface area contributed by atoms with Crippen molar-refractivity contribution in [3.8, 4) is 5.69 Å². The van der Waals surface area contributed by atoms with Crippen LogP contribution >= 0.6 is 0 Å². The molecule has 0 radical (unpaired) electrons. The van der Waals surface area contributed by atoms with Crippen LogP contribution in [-0.4, -0.2) is 25.8 Å². The number of ketones is 1. The maximum absolute atomic E-state index is 11.8. The summed E-state index contributed by atoms with van der Waals surface area (Å²) in [6, 6.07) is 1.97. The third kappa shape index (κ3) is 2.16. The highest BCUT2D eigenvalue weighted by Gasteiger charge is 2.17. The molecule has 0 saturated carbocycles. The summed E-state index contributed by atoms with van der Waals surface area (Å²) in [5.41, 5.74) is 3.21. The molecule has 2 heterocycles. The molecule has 0 saturated heterocycles. The topological polar surface area (TPSA) is 60.7 Å². The summed E-state index contributed by atoms with van der Waals surface area (Å²) in [7, 11) is 0. The molecule has 0 atom stereocenters. The van der Waals surface area contributed by atoms with Crippen LogP contribution in [0.4, 0.5) is 0 Å². The summed E-state index contributed by atoms with van der Waals surface area (Å²) in [6.45, 7) is 5.79. The van der Waals surface area contributed by atoms with Gasteiger partial charge in [0.1, 0.15) is 0 Å². The molecule has 94 valence electrons. The molecule has 2 rings (SSSR count). The molecule has 2 aromatic rings. The monoisotopic (exact) mass is 244 g/mol. The van der Waals surface area contributed by atoms with Gasteiger partial charge in [0.15, 0.2) is 11.5 Å². The van der Waals surface area contributed by atoms with Crippen molar-refractivity contribution in [2.24, 2.45) is 0 Å². The van der Waals surface area contributed by atoms with Gasteiger partial charge in [-0.2, -0.15) is 0 Å². The predicted molar refractivity (Wildman–Crippen MR) is 67.9 cm³/mol. The van der Waals surface area contributed by atoms with Gasteiger partial charge in [-0.3, -0.25) is 9.78 Å². The largest absolute Gasteiger partial charge is 0.292 e. The molecule has 0 fully saturated rings. The van der Waals surface area contributed by atoms with Crippen LogP contribution in [0.2, 0.25) is 0 Å². The maximum atomic E-state index is 11.8. The predicted octanol–water partition coefficient (Wildman–Crippen LogP) is 2.13. The Kier molecular flexibility index (Phi) is 3.50. The lowest BCUT2D eigenvalue weighted by Crippen LogP contribution is -2.06. The van der Waals surface area contributed by atoms with E-state index in [0.717, 1.165) is 16.9 Å². The van der Waals surface area contributed by atoms with E-state index >= 15 is 0 Å². The number of aryl methyl sites for hydroxylation is 1. The van der Waals surface area contributed by atoms with Crippen LogP contribution in [0.5, 0.6) is 0 Å². The van der Waals surface area contributed by atoms with Gasteiger partial charge in [0.2, 0.25) is 0 Å². The maximum Gasteiger partial charge on any atom is 0.184 e. The van der Waals surface area contributed by atoms with Crippen molar-refractivity contribution in [2.45, 2.75) is 33.6 Å². The van der Waals surface area contributed by atoms with Crippen molar-refractivity contribution in [2.75, 3.05) is 0 Å². The zero-order chi connectivity index (χ0) is 13.1. The second kappa shape index (κ2) is 5.08. The lowest BCUT2D eigenvalue weighted by Gasteiger charge is -2.05. The third-order valence-electron chi connectivity index (χ3n) is 2.79. The van der Waals surface area contributed by atoms with E-state index in [4.69, 9.17) is 0 Å². The summed E-state index contributed by atoms with van der Waals surface area (Å²) in [5, 5.41) is 8.07. The zero-order valence-corrected chi connectivity index (χ0v) is 10.8. The smallest absolute Gasteiger partial charge is 0.184 e. The van der Waals surface area contributed by atoms with Gasteiger partial charge in [-0.25, -0.2) is 4.68 Å². The Morgan fingerprint density at radius 2 is 2.11 bits per heavy atom. The summed E-state index contributed by atoms with van der Waals surface area (Å²) in [6.07, 6.45) is 4.66. The number of Topliss-reactive ketones (excluding diaryl/α,β-unsaturated/α-hetero) is 1. The minimum Gasteiger partial charge on any atom is -0.292 e. The van der Waals surface area contributed by atoms with Crippen LogP contribution in [0.1, 0.15) is 42.0 Å². The number of carbonyl (C=O) groups excluding carboxylic acids is 1. The molecule has 2 aromatic heterocycles. The summed E-state index contributed by atoms with van der Waals surface area (Å²) in [5.74, 6) is 0.0266. The number of rotatable bonds is 4. The molecule has 0 N–H and O–H groups in total. The van der Waals surface area contributed by atoms with E-state index < -0.39 is 0 Å². The number of hydrogen-bond donors (Lipinski definition) is 0. The van der Waals surface area contributed by atoms with E-state index in [2.05, 4.69) is 15.3 Å². The summed E-state index contributed by atoms with van der Waals surface area (Å²) in [4.78, 5) is 15.9. The fourth-order valence-electron chi connectivity index (χ4n) is 1.87. The van der Waals surface area contributed by atoms with Gasteiger partial charge in [-0.05, 0) is 25.0 Å². The Balaban J connectivity index is 2.52. The van der Waals surface area contributed by atoms with Gasteiger partial charge in [-0.15, -0.1) is 5.10 Å². The fourth-order valence-corrected chi connectivity index (χ4v) is 1.87. The van der Waals surface area contributed by atoms with Crippen LogP contribution < -0.4 is 0 Å². The first-order chi connectivity index (χ1) is 8.67. The summed E-state index contributed by atoms with van der Waals surface area (Å²) >= 11 is 0. The summed E-state index contributed by atoms with van der Waals surface area (Å²) < 4.78 is 1.70. The molecule has 0 aliphatic carbocycles. The third-order valence-corrected chi connectivity index (χ3v) is 2.79. The lowest BCUT2D eigenvalue weighted by atomic mass is 10.1. The second-order valence-electron chi connectivity index (χ2n) is 4.15. The van der Waals surface area contributed by atoms with Crippen molar-refractivity contribution in [1.82, 2.24) is 20.0 Å². The van der Waals surface area contributed by atoms with Crippen LogP contribution in [-0.2, 0) is 6.42 Å². The molecule has 0 aliphatic rings. The highest BCUT2D eigenvalue weighted by atomic mass is 16.1. The van der Waals surface area contributed by atoms with Gasteiger partial charge in [0.05, 0.1) is 17.6 Å². The van der Waals surface area contributed by atoms with E-state index in [1.165, 1.54) is 0 Å². The Bertz CT molecular complexity index is 574. The van der Waals surface area contributed by atoms with Crippen LogP contribution in [0.3, 0.4) is 0 Å². The molecule has 5 nitrogen and oxygen atoms in total. The van der Waals surface area contributed by atoms with Crippen LogP contribution in [0.15, 0.2) is 18.5 Å². The zero-order valence-electron chi connectivity index (χ0n) is 10.8. The Morgan fingerprint density at radius 3 is 2.72 bits per heavy atom. The van der Waals surface area contributed by atoms with Crippen molar-refractivity contribution >= 4 is 5.78 Å². The Labute approximate surface area is 106 Å². The Morgan fingerprint density at radius 1 is 1.33 bits per heavy atom. The van der Waals surface area contributed by atoms with Gasteiger partial charge in [-0.1, -0.05) is 19.1 Å². The standard InChI is InChI=1S/C13H16N4O/c1-4-11-13(12(18)5-2)15-16-17(11)10-6-9(3)7-14-8-10/h6-8H,4-5H2,1-3H3. The van der Waals surface area contributed by atoms with Crippen LogP contribution in [0, 0.1) is 6.92 Å². The van der Waals surface area contributed by atoms with E-state index in [0.29, 0.717) is 18.5 Å². The molecular formula is C13H16N4O. The first-order valence-electron chi connectivity index (χ1n) is 6.07. The quantitative estimate of drug-likeness (QED) is 0.773. The highest BCUT2D eigenvalue weighted by molar-refractivity contribution is 5.95. The van der Waals surface area contributed by atoms with Gasteiger partial charge in [0.25, 0.3) is 0 Å². The van der Waals surface area contributed by atoms with E-state index in [-0.39, 0.29) is 5.78 Å². The van der Waals surface area contributed by atoms with Gasteiger partial charge < -0.3 is 0 Å². The number of nitrogens with zero attached hydrogens (tertiary/aromatic N) is 4. The molecule has 18 heavy (non-hydrogen) atoms. The first-order valence-corrected chi connectivity index (χ1v) is 6.07. The lowest BCUT2D eigenvalue weighted by molar-refractivity contribution is 0.0982. The highest BCUT2D eigenvalue weighted by Crippen LogP contribution is 2.15. The van der Waals surface area contributed by atoms with Gasteiger partial charge in [0, 0.05) is 12.6 Å². The number of hydrogen-bond acceptors (Lipinski definition) is 4. The normalized spacial score (nSPS) is 10.6. The second-order valence-corrected chi connectivity index (χ2v) is 4.15. The minimum absolute atomic E-state index is 0.0266. The van der Waals surface area contributed by atoms with Crippen molar-refractivity contribution < 1.29 is 4.79 Å². The van der Waals surface area contributed by atoms with Crippen molar-refractivity contribution in [1.29, 1.82) is 0 Å². The molecule has 0 amide bonds. The van der Waals surface area contributed by atoms with Crippen LogP contribution in [0.25, 0.3) is 5.69 Å². The van der Waals surface area contributed by atoms with Crippen molar-refractivity contribution in [3.05, 3.63) is 35.4 Å². The molecule has 0 spiro atoms. The molecular weight excluding hydrogens is 228 g/mol. The number of carbonyl (C=O) groups is 1. The van der Waals surface area contributed by atoms with Crippen molar-refractivity contribution in [3.63, 3.8) is 0 Å². The molecule has 0 unspecified atom stereocenters. The molecule has 0 aromatic carbocycles. The van der Waals surface area contributed by atoms with E-state index in [1.54, 1.807) is 17.1 Å². The molecule has 0 bridgehead atoms. The first kappa shape index (κ1) is 12.4. The average molecular weight is 244 g/mol. The fraction of sp³-hybridized carbons (Fsp3) is 0.385.